The summed E-state index contributed by atoms with van der Waals surface area (Å²) < 4.78 is 0. The van der Waals surface area contributed by atoms with Crippen molar-refractivity contribution in [1.82, 2.24) is 0 Å². The molecule has 1 aliphatic carbocycles. The van der Waals surface area contributed by atoms with Crippen LogP contribution in [0, 0.1) is 6.92 Å². The highest BCUT2D eigenvalue weighted by Crippen LogP contribution is 2.28. The second-order valence-electron chi connectivity index (χ2n) is 5.24. The molecule has 0 amide bonds. The Morgan fingerprint density at radius 3 is 2.53 bits per heavy atom. The van der Waals surface area contributed by atoms with Gasteiger partial charge in [0, 0.05) is 6.42 Å². The lowest BCUT2D eigenvalue weighted by Crippen LogP contribution is -2.50. The van der Waals surface area contributed by atoms with Crippen molar-refractivity contribution >= 4 is 5.78 Å². The lowest BCUT2D eigenvalue weighted by atomic mass is 9.77. The molecule has 0 unspecified atom stereocenters. The molecular weight excluding hydrogens is 210 g/mol. The van der Waals surface area contributed by atoms with Gasteiger partial charge in [0.1, 0.15) is 0 Å². The zero-order chi connectivity index (χ0) is 12.3. The van der Waals surface area contributed by atoms with Crippen LogP contribution in [0.2, 0.25) is 0 Å². The molecule has 1 aromatic rings. The number of rotatable bonds is 3. The van der Waals surface area contributed by atoms with E-state index in [-0.39, 0.29) is 5.78 Å². The molecule has 0 bridgehead atoms. The second-order valence-corrected chi connectivity index (χ2v) is 5.24. The fourth-order valence-electron chi connectivity index (χ4n) is 2.62. The number of nitrogens with two attached hydrogens (primary N) is 1. The highest BCUT2D eigenvalue weighted by molar-refractivity contribution is 5.90. The van der Waals surface area contributed by atoms with Gasteiger partial charge in [-0.15, -0.1) is 0 Å². The number of carbonyl (C=O) groups is 1. The molecule has 2 rings (SSSR count). The summed E-state index contributed by atoms with van der Waals surface area (Å²) in [6.45, 7) is 2.05. The van der Waals surface area contributed by atoms with E-state index in [0.717, 1.165) is 31.2 Å². The molecule has 2 N–H and O–H groups in total. The van der Waals surface area contributed by atoms with E-state index in [1.54, 1.807) is 0 Å². The first kappa shape index (κ1) is 12.3. The van der Waals surface area contributed by atoms with Crippen molar-refractivity contribution in [3.8, 4) is 0 Å². The van der Waals surface area contributed by atoms with Crippen LogP contribution in [0.3, 0.4) is 0 Å². The smallest absolute Gasteiger partial charge is 0.157 e. The number of aryl methyl sites for hydroxylation is 1. The molecule has 0 heterocycles. The van der Waals surface area contributed by atoms with Crippen molar-refractivity contribution < 1.29 is 4.79 Å². The maximum absolute atomic E-state index is 12.3. The predicted molar refractivity (Wildman–Crippen MR) is 69.9 cm³/mol. The maximum atomic E-state index is 12.3. The summed E-state index contributed by atoms with van der Waals surface area (Å²) in [7, 11) is 0. The van der Waals surface area contributed by atoms with Crippen LogP contribution in [0.25, 0.3) is 0 Å². The average Bonchev–Trinajstić information content (AvgIpc) is 2.33. The molecule has 92 valence electrons. The minimum absolute atomic E-state index is 0.214. The molecule has 17 heavy (non-hydrogen) atoms. The molecule has 0 spiro atoms. The van der Waals surface area contributed by atoms with Gasteiger partial charge >= 0.3 is 0 Å². The number of ketones is 1. The van der Waals surface area contributed by atoms with Gasteiger partial charge in [-0.05, 0) is 30.9 Å². The second kappa shape index (κ2) is 5.01. The van der Waals surface area contributed by atoms with E-state index in [0.29, 0.717) is 6.42 Å². The van der Waals surface area contributed by atoms with E-state index in [1.165, 1.54) is 12.0 Å². The topological polar surface area (TPSA) is 43.1 Å². The zero-order valence-corrected chi connectivity index (χ0v) is 10.5. The van der Waals surface area contributed by atoms with E-state index in [2.05, 4.69) is 0 Å². The van der Waals surface area contributed by atoms with Gasteiger partial charge < -0.3 is 5.73 Å². The van der Waals surface area contributed by atoms with Crippen molar-refractivity contribution in [3.63, 3.8) is 0 Å². The van der Waals surface area contributed by atoms with Gasteiger partial charge in [0.05, 0.1) is 5.54 Å². The van der Waals surface area contributed by atoms with Crippen molar-refractivity contribution in [2.75, 3.05) is 0 Å². The van der Waals surface area contributed by atoms with Crippen molar-refractivity contribution in [3.05, 3.63) is 35.4 Å². The molecule has 0 aromatic heterocycles. The van der Waals surface area contributed by atoms with Crippen LogP contribution < -0.4 is 5.73 Å². The Morgan fingerprint density at radius 2 is 1.88 bits per heavy atom. The van der Waals surface area contributed by atoms with Gasteiger partial charge in [-0.1, -0.05) is 43.5 Å². The van der Waals surface area contributed by atoms with Crippen LogP contribution in [0.4, 0.5) is 0 Å². The van der Waals surface area contributed by atoms with Crippen molar-refractivity contribution in [1.29, 1.82) is 0 Å². The summed E-state index contributed by atoms with van der Waals surface area (Å²) >= 11 is 0. The SMILES string of the molecule is Cc1ccccc1CC(=O)C1(N)CCCCC1. The van der Waals surface area contributed by atoms with Crippen LogP contribution in [0.1, 0.15) is 43.2 Å². The van der Waals surface area contributed by atoms with Gasteiger partial charge in [0.2, 0.25) is 0 Å². The number of benzene rings is 1. The van der Waals surface area contributed by atoms with E-state index < -0.39 is 5.54 Å². The summed E-state index contributed by atoms with van der Waals surface area (Å²) in [6, 6.07) is 8.06. The molecule has 1 fully saturated rings. The van der Waals surface area contributed by atoms with Crippen LogP contribution in [-0.2, 0) is 11.2 Å². The molecule has 0 radical (unpaired) electrons. The molecule has 2 nitrogen and oxygen atoms in total. The number of Topliss-reactive ketones (excluding diaryl/α,β-unsaturated/α-hetero) is 1. The quantitative estimate of drug-likeness (QED) is 0.869. The Morgan fingerprint density at radius 1 is 1.24 bits per heavy atom. The van der Waals surface area contributed by atoms with E-state index in [1.807, 2.05) is 31.2 Å². The largest absolute Gasteiger partial charge is 0.319 e. The molecule has 1 aliphatic rings. The van der Waals surface area contributed by atoms with Crippen LogP contribution >= 0.6 is 0 Å². The zero-order valence-electron chi connectivity index (χ0n) is 10.5. The van der Waals surface area contributed by atoms with Gasteiger partial charge in [-0.25, -0.2) is 0 Å². The van der Waals surface area contributed by atoms with E-state index in [9.17, 15) is 4.79 Å². The van der Waals surface area contributed by atoms with Crippen molar-refractivity contribution in [2.24, 2.45) is 5.73 Å². The Bertz CT molecular complexity index is 405. The molecule has 0 aliphatic heterocycles. The minimum atomic E-state index is -0.555. The molecule has 2 heteroatoms. The first-order valence-corrected chi connectivity index (χ1v) is 6.48. The van der Waals surface area contributed by atoms with Gasteiger partial charge in [-0.3, -0.25) is 4.79 Å². The number of hydrogen-bond acceptors (Lipinski definition) is 2. The monoisotopic (exact) mass is 231 g/mol. The van der Waals surface area contributed by atoms with E-state index >= 15 is 0 Å². The van der Waals surface area contributed by atoms with Crippen LogP contribution in [0.5, 0.6) is 0 Å². The van der Waals surface area contributed by atoms with E-state index in [4.69, 9.17) is 5.73 Å². The van der Waals surface area contributed by atoms with Gasteiger partial charge in [0.25, 0.3) is 0 Å². The first-order valence-electron chi connectivity index (χ1n) is 6.48. The first-order chi connectivity index (χ1) is 8.12. The summed E-state index contributed by atoms with van der Waals surface area (Å²) in [5.41, 5.74) is 8.00. The Kier molecular flexibility index (Phi) is 3.63. The lowest BCUT2D eigenvalue weighted by Gasteiger charge is -2.32. The highest BCUT2D eigenvalue weighted by Gasteiger charge is 2.34. The Hall–Kier alpha value is -1.15. The fourth-order valence-corrected chi connectivity index (χ4v) is 2.62. The Balaban J connectivity index is 2.08. The normalized spacial score (nSPS) is 18.9. The molecule has 0 atom stereocenters. The third-order valence-electron chi connectivity index (χ3n) is 3.91. The molecule has 1 saturated carbocycles. The number of hydrogen-bond donors (Lipinski definition) is 1. The lowest BCUT2D eigenvalue weighted by molar-refractivity contribution is -0.124. The Labute approximate surface area is 103 Å². The molecule has 1 aromatic carbocycles. The molecule has 0 saturated heterocycles. The van der Waals surface area contributed by atoms with Crippen LogP contribution in [0.15, 0.2) is 24.3 Å². The number of carbonyl (C=O) groups excluding carboxylic acids is 1. The van der Waals surface area contributed by atoms with Crippen molar-refractivity contribution in [2.45, 2.75) is 51.0 Å². The summed E-state index contributed by atoms with van der Waals surface area (Å²) in [6.07, 6.45) is 5.61. The standard InChI is InChI=1S/C15H21NO/c1-12-7-3-4-8-13(12)11-14(17)15(16)9-5-2-6-10-15/h3-4,7-8H,2,5-6,9-11,16H2,1H3. The third-order valence-corrected chi connectivity index (χ3v) is 3.91. The van der Waals surface area contributed by atoms with Gasteiger partial charge in [0.15, 0.2) is 5.78 Å². The highest BCUT2D eigenvalue weighted by atomic mass is 16.1. The third kappa shape index (κ3) is 2.75. The fraction of sp³-hybridized carbons (Fsp3) is 0.533. The van der Waals surface area contributed by atoms with Crippen LogP contribution in [-0.4, -0.2) is 11.3 Å². The minimum Gasteiger partial charge on any atom is -0.319 e. The summed E-state index contributed by atoms with van der Waals surface area (Å²) in [5.74, 6) is 0.214. The summed E-state index contributed by atoms with van der Waals surface area (Å²) in [4.78, 5) is 12.3. The maximum Gasteiger partial charge on any atom is 0.157 e. The van der Waals surface area contributed by atoms with Gasteiger partial charge in [-0.2, -0.15) is 0 Å². The summed E-state index contributed by atoms with van der Waals surface area (Å²) in [5, 5.41) is 0. The predicted octanol–water partition coefficient (Wildman–Crippen LogP) is 2.77. The molecular formula is C15H21NO. The average molecular weight is 231 g/mol.